The van der Waals surface area contributed by atoms with Crippen molar-refractivity contribution in [1.82, 2.24) is 60.0 Å². The van der Waals surface area contributed by atoms with Crippen molar-refractivity contribution in [2.24, 2.45) is 47.3 Å². The largest absolute Gasteiger partial charge is 0.252 e. The van der Waals surface area contributed by atoms with Gasteiger partial charge in [-0.2, -0.15) is 0 Å². The lowest BCUT2D eigenvalue weighted by Gasteiger charge is -2.08. The Morgan fingerprint density at radius 2 is 0.708 bits per heavy atom. The summed E-state index contributed by atoms with van der Waals surface area (Å²) in [5.41, 5.74) is 4.83. The van der Waals surface area contributed by atoms with E-state index in [1.165, 1.54) is 94.9 Å². The van der Waals surface area contributed by atoms with E-state index in [0.717, 1.165) is 92.8 Å². The van der Waals surface area contributed by atoms with Crippen molar-refractivity contribution >= 4 is 0 Å². The van der Waals surface area contributed by atoms with Crippen molar-refractivity contribution in [3.05, 3.63) is 47.6 Å². The van der Waals surface area contributed by atoms with Crippen LogP contribution in [0.4, 0.5) is 0 Å². The molecule has 12 nitrogen and oxygen atoms in total. The molecule has 0 amide bonds. The molecule has 0 saturated carbocycles. The maximum absolute atomic E-state index is 4.20. The van der Waals surface area contributed by atoms with Gasteiger partial charge in [0.05, 0.1) is 35.2 Å². The van der Waals surface area contributed by atoms with Gasteiger partial charge in [0.2, 0.25) is 0 Å². The van der Waals surface area contributed by atoms with E-state index in [4.69, 9.17) is 0 Å². The molecule has 374 valence electrons. The van der Waals surface area contributed by atoms with Crippen LogP contribution in [-0.4, -0.2) is 60.0 Å². The average molecular weight is 907 g/mol. The molecule has 0 aliphatic carbocycles. The summed E-state index contributed by atoms with van der Waals surface area (Å²) in [5, 5.41) is 33.0. The molecule has 0 aliphatic rings. The molecule has 0 N–H and O–H groups in total. The first kappa shape index (κ1) is 59.6. The average Bonchev–Trinajstić information content (AvgIpc) is 4.04. The van der Waals surface area contributed by atoms with Crippen LogP contribution < -0.4 is 0 Å². The Kier molecular flexibility index (Phi) is 32.7. The van der Waals surface area contributed by atoms with Gasteiger partial charge in [0.15, 0.2) is 0 Å². The number of unbranched alkanes of at least 4 members (excludes halogenated alkanes) is 3. The fraction of sp³-hybridized carbons (Fsp3) is 0.849. The highest BCUT2D eigenvalue weighted by atomic mass is 15.4. The standard InChI is InChI=1S/C15H29N3.2C13H25N3.C12H23N3/c1-13(2)8-5-6-11-18-15(12-16-17-18)10-7-9-14(3)4;1-11(2)7-5-6-8-16-10-13(14-15-16)9-12(3)4;1-11(2)7-5-6-8-16-13(9-12(3)4)10-14-15-16;1-10(2)6-5-7-15-9-12(13-14-15)8-11(3)4/h12-14H,5-11H2,1-4H3;2*10-12H,5-9H2,1-4H3;9-11H,5-8H2,1-4H3. The number of hydrogen-bond acceptors (Lipinski definition) is 8. The third kappa shape index (κ3) is 32.8. The van der Waals surface area contributed by atoms with Crippen LogP contribution in [0, 0.1) is 47.3 Å². The van der Waals surface area contributed by atoms with Crippen molar-refractivity contribution in [3.8, 4) is 0 Å². The van der Waals surface area contributed by atoms with Crippen LogP contribution in [0.1, 0.15) is 217 Å². The Bertz CT molecular complexity index is 1660. The minimum Gasteiger partial charge on any atom is -0.252 e. The molecule has 0 unspecified atom stereocenters. The lowest BCUT2D eigenvalue weighted by atomic mass is 10.1. The van der Waals surface area contributed by atoms with Crippen LogP contribution >= 0.6 is 0 Å². The van der Waals surface area contributed by atoms with Gasteiger partial charge < -0.3 is 0 Å². The Morgan fingerprint density at radius 3 is 1.12 bits per heavy atom. The molecule has 12 heteroatoms. The van der Waals surface area contributed by atoms with Crippen molar-refractivity contribution in [2.75, 3.05) is 0 Å². The number of hydrogen-bond donors (Lipinski definition) is 0. The van der Waals surface area contributed by atoms with E-state index in [1.54, 1.807) is 0 Å². The molecule has 4 aromatic heterocycles. The summed E-state index contributed by atoms with van der Waals surface area (Å²) in [6.45, 7) is 40.1. The molecule has 0 spiro atoms. The van der Waals surface area contributed by atoms with Gasteiger partial charge >= 0.3 is 0 Å². The zero-order chi connectivity index (χ0) is 48.6. The van der Waals surface area contributed by atoms with Gasteiger partial charge in [-0.15, -0.1) is 20.4 Å². The van der Waals surface area contributed by atoms with E-state index in [2.05, 4.69) is 174 Å². The monoisotopic (exact) mass is 907 g/mol. The van der Waals surface area contributed by atoms with Crippen molar-refractivity contribution in [1.29, 1.82) is 0 Å². The maximum Gasteiger partial charge on any atom is 0.0829 e. The number of nitrogens with zero attached hydrogens (tertiary/aromatic N) is 12. The molecule has 0 saturated heterocycles. The van der Waals surface area contributed by atoms with Crippen LogP contribution in [0.3, 0.4) is 0 Å². The van der Waals surface area contributed by atoms with E-state index in [1.807, 2.05) is 21.8 Å². The quantitative estimate of drug-likeness (QED) is 0.0494. The van der Waals surface area contributed by atoms with Gasteiger partial charge in [-0.25, -0.2) is 9.36 Å². The van der Waals surface area contributed by atoms with E-state index >= 15 is 0 Å². The lowest BCUT2D eigenvalue weighted by Crippen LogP contribution is -2.08. The third-order valence-electron chi connectivity index (χ3n) is 11.0. The Labute approximate surface area is 399 Å². The Morgan fingerprint density at radius 1 is 0.354 bits per heavy atom. The molecule has 4 aromatic rings. The highest BCUT2D eigenvalue weighted by molar-refractivity contribution is 4.96. The minimum absolute atomic E-state index is 0.658. The molecule has 0 radical (unpaired) electrons. The van der Waals surface area contributed by atoms with Crippen molar-refractivity contribution in [2.45, 2.75) is 246 Å². The molecule has 0 aromatic carbocycles. The number of rotatable bonds is 29. The molecule has 0 aliphatic heterocycles. The van der Waals surface area contributed by atoms with Crippen molar-refractivity contribution in [3.63, 3.8) is 0 Å². The first-order valence-corrected chi connectivity index (χ1v) is 26.4. The topological polar surface area (TPSA) is 123 Å². The molecule has 0 atom stereocenters. The predicted molar refractivity (Wildman–Crippen MR) is 274 cm³/mol. The van der Waals surface area contributed by atoms with Crippen LogP contribution in [0.2, 0.25) is 0 Å². The van der Waals surface area contributed by atoms with Crippen LogP contribution in [0.25, 0.3) is 0 Å². The molecule has 4 heterocycles. The van der Waals surface area contributed by atoms with Gasteiger partial charge in [0, 0.05) is 38.6 Å². The maximum atomic E-state index is 4.20. The highest BCUT2D eigenvalue weighted by Gasteiger charge is 2.08. The Balaban J connectivity index is 0.000000434. The summed E-state index contributed by atoms with van der Waals surface area (Å²) < 4.78 is 8.12. The fourth-order valence-electron chi connectivity index (χ4n) is 7.43. The molecular weight excluding hydrogens is 805 g/mol. The van der Waals surface area contributed by atoms with Crippen LogP contribution in [0.15, 0.2) is 24.8 Å². The second kappa shape index (κ2) is 35.7. The van der Waals surface area contributed by atoms with Gasteiger partial charge in [-0.1, -0.05) is 177 Å². The fourth-order valence-corrected chi connectivity index (χ4v) is 7.43. The highest BCUT2D eigenvalue weighted by Crippen LogP contribution is 2.14. The lowest BCUT2D eigenvalue weighted by molar-refractivity contribution is 0.469. The van der Waals surface area contributed by atoms with Crippen molar-refractivity contribution < 1.29 is 0 Å². The smallest absolute Gasteiger partial charge is 0.0829 e. The van der Waals surface area contributed by atoms with Gasteiger partial charge in [-0.05, 0) is 112 Å². The van der Waals surface area contributed by atoms with Gasteiger partial charge in [-0.3, -0.25) is 9.36 Å². The van der Waals surface area contributed by atoms with Crippen LogP contribution in [-0.2, 0) is 51.9 Å². The predicted octanol–water partition coefficient (Wildman–Crippen LogP) is 13.6. The van der Waals surface area contributed by atoms with E-state index in [0.29, 0.717) is 17.8 Å². The summed E-state index contributed by atoms with van der Waals surface area (Å²) in [7, 11) is 0. The van der Waals surface area contributed by atoms with E-state index in [9.17, 15) is 0 Å². The summed E-state index contributed by atoms with van der Waals surface area (Å²) in [5.74, 6) is 6.00. The first-order chi connectivity index (χ1) is 30.8. The summed E-state index contributed by atoms with van der Waals surface area (Å²) in [4.78, 5) is 0. The Hall–Kier alpha value is -3.44. The summed E-state index contributed by atoms with van der Waals surface area (Å²) >= 11 is 0. The normalized spacial score (nSPS) is 11.6. The molecular formula is C53H102N12. The molecule has 4 rings (SSSR count). The van der Waals surface area contributed by atoms with E-state index < -0.39 is 0 Å². The number of aromatic nitrogens is 12. The minimum atomic E-state index is 0.658. The van der Waals surface area contributed by atoms with Gasteiger partial charge in [0.25, 0.3) is 0 Å². The second-order valence-electron chi connectivity index (χ2n) is 22.1. The third-order valence-corrected chi connectivity index (χ3v) is 11.0. The van der Waals surface area contributed by atoms with E-state index in [-0.39, 0.29) is 0 Å². The second-order valence-corrected chi connectivity index (χ2v) is 22.1. The molecule has 0 fully saturated rings. The summed E-state index contributed by atoms with van der Waals surface area (Å²) in [6.07, 6.45) is 28.7. The molecule has 65 heavy (non-hydrogen) atoms. The SMILES string of the molecule is CC(C)CCCCn1cc(CC(C)C)nn1.CC(C)CCCCn1nncc1CC(C)C.CC(C)CCCCn1nncc1CCCC(C)C.CC(C)CCCn1cc(CC(C)C)nn1. The number of aryl methyl sites for hydroxylation is 5. The zero-order valence-electron chi connectivity index (χ0n) is 45.1. The van der Waals surface area contributed by atoms with Gasteiger partial charge in [0.1, 0.15) is 0 Å². The van der Waals surface area contributed by atoms with Crippen LogP contribution in [0.5, 0.6) is 0 Å². The first-order valence-electron chi connectivity index (χ1n) is 26.4. The summed E-state index contributed by atoms with van der Waals surface area (Å²) in [6, 6.07) is 0. The molecule has 0 bridgehead atoms. The zero-order valence-corrected chi connectivity index (χ0v) is 45.1.